The van der Waals surface area contributed by atoms with Crippen molar-refractivity contribution in [2.45, 2.75) is 32.1 Å². The van der Waals surface area contributed by atoms with Gasteiger partial charge in [-0.2, -0.15) is 0 Å². The van der Waals surface area contributed by atoms with Gasteiger partial charge >= 0.3 is 0 Å². The third-order valence-corrected chi connectivity index (χ3v) is 12.5. The van der Waals surface area contributed by atoms with Crippen LogP contribution in [0.15, 0.2) is 168 Å². The minimum atomic E-state index is -0.129. The molecule has 0 saturated heterocycles. The van der Waals surface area contributed by atoms with E-state index in [9.17, 15) is 0 Å². The Labute approximate surface area is 348 Å². The standard InChI is InChI=1S/C55H38N2O3/c1-55(2)44-21-10-8-16-39(44)43-30-51-52(31-45(43)55)58-49-28-27-36(29-50(49)59-51)37-15-6-7-17-40(37)47-32-46(34-13-4-3-5-14-34)56-54(57-47)35-25-23-33(24-26-35)38-19-12-20-42-41-18-9-11-22-48(41)60-53(38)42/h3-8,10-17,19-32H,9,18H2,1-2H3. The van der Waals surface area contributed by atoms with E-state index in [1.165, 1.54) is 33.2 Å². The minimum Gasteiger partial charge on any atom is -0.456 e. The third-order valence-electron chi connectivity index (χ3n) is 12.5. The Kier molecular flexibility index (Phi) is 7.64. The minimum absolute atomic E-state index is 0.129. The number of rotatable bonds is 5. The molecule has 1 aliphatic heterocycles. The average Bonchev–Trinajstić information content (AvgIpc) is 3.79. The summed E-state index contributed by atoms with van der Waals surface area (Å²) in [7, 11) is 0. The van der Waals surface area contributed by atoms with Gasteiger partial charge in [0.2, 0.25) is 0 Å². The third kappa shape index (κ3) is 5.46. The molecule has 2 aliphatic carbocycles. The molecule has 3 heterocycles. The maximum Gasteiger partial charge on any atom is 0.170 e. The molecule has 12 rings (SSSR count). The number of nitrogens with zero attached hydrogens (tertiary/aromatic N) is 2. The summed E-state index contributed by atoms with van der Waals surface area (Å²) in [6.07, 6.45) is 6.34. The molecular weight excluding hydrogens is 737 g/mol. The molecule has 0 amide bonds. The molecule has 3 aliphatic rings. The quantitative estimate of drug-likeness (QED) is 0.174. The molecule has 0 N–H and O–H groups in total. The molecule has 5 heteroatoms. The molecule has 5 nitrogen and oxygen atoms in total. The zero-order valence-corrected chi connectivity index (χ0v) is 33.2. The number of aryl methyl sites for hydroxylation is 1. The van der Waals surface area contributed by atoms with Crippen molar-refractivity contribution in [3.05, 3.63) is 186 Å². The molecular formula is C55H38N2O3. The van der Waals surface area contributed by atoms with Gasteiger partial charge in [-0.05, 0) is 88.2 Å². The fourth-order valence-corrected chi connectivity index (χ4v) is 9.40. The first-order chi connectivity index (χ1) is 29.5. The number of ether oxygens (including phenoxy) is 2. The van der Waals surface area contributed by atoms with Gasteiger partial charge in [0.05, 0.1) is 11.4 Å². The number of hydrogen-bond donors (Lipinski definition) is 0. The first-order valence-electron chi connectivity index (χ1n) is 20.6. The van der Waals surface area contributed by atoms with Crippen LogP contribution >= 0.6 is 0 Å². The summed E-state index contributed by atoms with van der Waals surface area (Å²) in [6, 6.07) is 54.9. The Hall–Kier alpha value is -7.50. The summed E-state index contributed by atoms with van der Waals surface area (Å²) >= 11 is 0. The van der Waals surface area contributed by atoms with Crippen LogP contribution in [0.4, 0.5) is 0 Å². The van der Waals surface area contributed by atoms with Gasteiger partial charge in [0.1, 0.15) is 11.3 Å². The molecule has 60 heavy (non-hydrogen) atoms. The van der Waals surface area contributed by atoms with Crippen LogP contribution in [0, 0.1) is 0 Å². The van der Waals surface area contributed by atoms with E-state index in [2.05, 4.69) is 159 Å². The van der Waals surface area contributed by atoms with E-state index in [4.69, 9.17) is 23.9 Å². The predicted octanol–water partition coefficient (Wildman–Crippen LogP) is 14.7. The highest BCUT2D eigenvalue weighted by atomic mass is 16.6. The summed E-state index contributed by atoms with van der Waals surface area (Å²) in [4.78, 5) is 10.4. The number of benzene rings is 7. The molecule has 0 unspecified atom stereocenters. The van der Waals surface area contributed by atoms with Gasteiger partial charge in [-0.25, -0.2) is 9.97 Å². The van der Waals surface area contributed by atoms with Crippen LogP contribution in [-0.4, -0.2) is 9.97 Å². The number of para-hydroxylation sites is 1. The first-order valence-corrected chi connectivity index (χ1v) is 20.6. The fourth-order valence-electron chi connectivity index (χ4n) is 9.40. The summed E-state index contributed by atoms with van der Waals surface area (Å²) in [6.45, 7) is 4.55. The molecule has 0 saturated carbocycles. The summed E-state index contributed by atoms with van der Waals surface area (Å²) in [5, 5.41) is 1.19. The van der Waals surface area contributed by atoms with Crippen LogP contribution in [-0.2, 0) is 11.8 Å². The monoisotopic (exact) mass is 774 g/mol. The smallest absolute Gasteiger partial charge is 0.170 e. The van der Waals surface area contributed by atoms with Crippen molar-refractivity contribution in [2.75, 3.05) is 0 Å². The Morgan fingerprint density at radius 3 is 2.03 bits per heavy atom. The van der Waals surface area contributed by atoms with E-state index < -0.39 is 0 Å². The molecule has 0 fully saturated rings. The Bertz CT molecular complexity index is 3230. The van der Waals surface area contributed by atoms with Gasteiger partial charge in [0, 0.05) is 38.6 Å². The SMILES string of the molecule is CC1(C)c2ccccc2-c2cc3c(cc21)Oc1ccc(-c2ccccc2-c2cc(-c4ccccc4)nc(-c4ccc(-c5cccc6c7c(oc56)C=CCC7)cc4)n2)cc1O3. The van der Waals surface area contributed by atoms with Crippen LogP contribution in [0.3, 0.4) is 0 Å². The Balaban J connectivity index is 0.919. The van der Waals surface area contributed by atoms with Crippen molar-refractivity contribution in [1.29, 1.82) is 0 Å². The Morgan fingerprint density at radius 1 is 0.483 bits per heavy atom. The van der Waals surface area contributed by atoms with Gasteiger partial charge in [0.25, 0.3) is 0 Å². The van der Waals surface area contributed by atoms with Gasteiger partial charge < -0.3 is 13.9 Å². The van der Waals surface area contributed by atoms with Crippen LogP contribution in [0.5, 0.6) is 23.0 Å². The van der Waals surface area contributed by atoms with Crippen molar-refractivity contribution in [3.63, 3.8) is 0 Å². The van der Waals surface area contributed by atoms with Crippen LogP contribution < -0.4 is 9.47 Å². The summed E-state index contributed by atoms with van der Waals surface area (Å²) in [5.74, 6) is 4.45. The van der Waals surface area contributed by atoms with E-state index >= 15 is 0 Å². The van der Waals surface area contributed by atoms with Gasteiger partial charge in [0.15, 0.2) is 28.8 Å². The normalized spacial score (nSPS) is 14.0. The van der Waals surface area contributed by atoms with Gasteiger partial charge in [-0.3, -0.25) is 0 Å². The number of hydrogen-bond acceptors (Lipinski definition) is 5. The molecule has 7 aromatic carbocycles. The summed E-state index contributed by atoms with van der Waals surface area (Å²) < 4.78 is 19.6. The maximum atomic E-state index is 6.67. The number of fused-ring (bicyclic) bond motifs is 8. The van der Waals surface area contributed by atoms with E-state index in [1.807, 2.05) is 24.3 Å². The van der Waals surface area contributed by atoms with Crippen molar-refractivity contribution >= 4 is 17.0 Å². The van der Waals surface area contributed by atoms with E-state index in [1.54, 1.807) is 0 Å². The van der Waals surface area contributed by atoms with Crippen molar-refractivity contribution < 1.29 is 13.9 Å². The highest BCUT2D eigenvalue weighted by Gasteiger charge is 2.37. The van der Waals surface area contributed by atoms with E-state index in [-0.39, 0.29) is 5.41 Å². The maximum absolute atomic E-state index is 6.67. The van der Waals surface area contributed by atoms with Crippen molar-refractivity contribution in [3.8, 4) is 90.3 Å². The second-order valence-electron chi connectivity index (χ2n) is 16.4. The topological polar surface area (TPSA) is 57.4 Å². The molecule has 0 bridgehead atoms. The van der Waals surface area contributed by atoms with Crippen molar-refractivity contribution in [1.82, 2.24) is 9.97 Å². The number of allylic oxidation sites excluding steroid dienone is 1. The average molecular weight is 775 g/mol. The number of aromatic nitrogens is 2. The molecule has 2 aromatic heterocycles. The summed E-state index contributed by atoms with van der Waals surface area (Å²) in [5.41, 5.74) is 15.9. The molecule has 286 valence electrons. The lowest BCUT2D eigenvalue weighted by Crippen LogP contribution is -2.15. The highest BCUT2D eigenvalue weighted by molar-refractivity contribution is 5.97. The van der Waals surface area contributed by atoms with Crippen LogP contribution in [0.1, 0.15) is 42.7 Å². The van der Waals surface area contributed by atoms with Crippen LogP contribution in [0.2, 0.25) is 0 Å². The second kappa shape index (κ2) is 13.3. The first kappa shape index (κ1) is 34.5. The number of furan rings is 1. The molecule has 0 spiro atoms. The largest absolute Gasteiger partial charge is 0.456 e. The lowest BCUT2D eigenvalue weighted by Gasteiger charge is -2.25. The molecule has 0 radical (unpaired) electrons. The lowest BCUT2D eigenvalue weighted by molar-refractivity contribution is 0.359. The zero-order chi connectivity index (χ0) is 40.0. The van der Waals surface area contributed by atoms with Crippen molar-refractivity contribution in [2.24, 2.45) is 0 Å². The highest BCUT2D eigenvalue weighted by Crippen LogP contribution is 2.55. The van der Waals surface area contributed by atoms with E-state index in [0.717, 1.165) is 86.0 Å². The van der Waals surface area contributed by atoms with Gasteiger partial charge in [-0.1, -0.05) is 147 Å². The molecule has 0 atom stereocenters. The zero-order valence-electron chi connectivity index (χ0n) is 33.2. The van der Waals surface area contributed by atoms with Gasteiger partial charge in [-0.15, -0.1) is 0 Å². The lowest BCUT2D eigenvalue weighted by atomic mass is 9.82. The Morgan fingerprint density at radius 2 is 1.17 bits per heavy atom. The fraction of sp³-hybridized carbons (Fsp3) is 0.0909. The second-order valence-corrected chi connectivity index (χ2v) is 16.4. The molecule has 9 aromatic rings. The van der Waals surface area contributed by atoms with Crippen LogP contribution in [0.25, 0.3) is 84.3 Å². The van der Waals surface area contributed by atoms with E-state index in [0.29, 0.717) is 17.3 Å². The predicted molar refractivity (Wildman–Crippen MR) is 240 cm³/mol.